The minimum absolute atomic E-state index is 0.125. The SMILES string of the molecule is C[C@@H](CCc1ccc(F)cc1)[C@H]1CCc2c(cn(C)c2C(O)Nc2ccnc(Cl)c2)S(=N)(=O)N1. The van der Waals surface area contributed by atoms with Crippen molar-refractivity contribution >= 4 is 27.2 Å². The first-order valence-electron chi connectivity index (χ1n) is 11.2. The van der Waals surface area contributed by atoms with Crippen molar-refractivity contribution in [2.45, 2.75) is 49.8 Å². The van der Waals surface area contributed by atoms with Crippen molar-refractivity contribution < 1.29 is 13.7 Å². The van der Waals surface area contributed by atoms with E-state index in [1.54, 1.807) is 48.3 Å². The van der Waals surface area contributed by atoms with Crippen molar-refractivity contribution in [3.8, 4) is 0 Å². The Bertz CT molecular complexity index is 1260. The van der Waals surface area contributed by atoms with Crippen LogP contribution in [0, 0.1) is 16.5 Å². The van der Waals surface area contributed by atoms with Gasteiger partial charge in [0.25, 0.3) is 0 Å². The summed E-state index contributed by atoms with van der Waals surface area (Å²) in [6.07, 6.45) is 4.99. The van der Waals surface area contributed by atoms with Crippen LogP contribution in [-0.2, 0) is 29.8 Å². The van der Waals surface area contributed by atoms with Crippen LogP contribution in [0.15, 0.2) is 53.7 Å². The summed E-state index contributed by atoms with van der Waals surface area (Å²) in [4.78, 5) is 4.35. The second kappa shape index (κ2) is 10.0. The third kappa shape index (κ3) is 5.43. The Labute approximate surface area is 204 Å². The zero-order valence-corrected chi connectivity index (χ0v) is 20.7. The first kappa shape index (κ1) is 24.7. The van der Waals surface area contributed by atoms with Gasteiger partial charge >= 0.3 is 0 Å². The van der Waals surface area contributed by atoms with Crippen LogP contribution in [0.4, 0.5) is 10.1 Å². The summed E-state index contributed by atoms with van der Waals surface area (Å²) in [5, 5.41) is 14.3. The largest absolute Gasteiger partial charge is 0.368 e. The lowest BCUT2D eigenvalue weighted by Crippen LogP contribution is -2.37. The quantitative estimate of drug-likeness (QED) is 0.273. The fourth-order valence-corrected chi connectivity index (χ4v) is 6.46. The molecule has 0 radical (unpaired) electrons. The van der Waals surface area contributed by atoms with Gasteiger partial charge in [0.15, 0.2) is 6.23 Å². The summed E-state index contributed by atoms with van der Waals surface area (Å²) >= 11 is 5.95. The Kier molecular flexibility index (Phi) is 7.28. The summed E-state index contributed by atoms with van der Waals surface area (Å²) < 4.78 is 40.0. The average Bonchev–Trinajstić information content (AvgIpc) is 3.06. The minimum Gasteiger partial charge on any atom is -0.368 e. The lowest BCUT2D eigenvalue weighted by Gasteiger charge is -2.24. The summed E-state index contributed by atoms with van der Waals surface area (Å²) in [6, 6.07) is 9.66. The van der Waals surface area contributed by atoms with Crippen LogP contribution in [0.5, 0.6) is 0 Å². The summed E-state index contributed by atoms with van der Waals surface area (Å²) in [5.74, 6) is -0.104. The van der Waals surface area contributed by atoms with E-state index in [-0.39, 0.29) is 17.8 Å². The van der Waals surface area contributed by atoms with Crippen LogP contribution in [0.3, 0.4) is 0 Å². The number of hydrogen-bond donors (Lipinski definition) is 4. The van der Waals surface area contributed by atoms with Gasteiger partial charge in [-0.3, -0.25) is 0 Å². The number of nitrogens with zero attached hydrogens (tertiary/aromatic N) is 2. The molecule has 3 heterocycles. The summed E-state index contributed by atoms with van der Waals surface area (Å²) in [7, 11) is -1.50. The lowest BCUT2D eigenvalue weighted by molar-refractivity contribution is 0.198. The normalized spacial score (nSPS) is 22.0. The lowest BCUT2D eigenvalue weighted by atomic mass is 9.91. The van der Waals surface area contributed by atoms with E-state index in [9.17, 15) is 13.7 Å². The van der Waals surface area contributed by atoms with E-state index in [4.69, 9.17) is 16.4 Å². The van der Waals surface area contributed by atoms with E-state index in [1.807, 2.05) is 0 Å². The number of halogens is 2. The van der Waals surface area contributed by atoms with E-state index >= 15 is 0 Å². The van der Waals surface area contributed by atoms with Crippen LogP contribution in [0.25, 0.3) is 0 Å². The van der Waals surface area contributed by atoms with Crippen LogP contribution in [0.1, 0.15) is 42.8 Å². The van der Waals surface area contributed by atoms with Crippen LogP contribution in [0.2, 0.25) is 5.15 Å². The van der Waals surface area contributed by atoms with E-state index in [0.29, 0.717) is 34.3 Å². The molecular weight excluding hydrogens is 477 g/mol. The Morgan fingerprint density at radius 3 is 2.82 bits per heavy atom. The highest BCUT2D eigenvalue weighted by Gasteiger charge is 2.32. The second-order valence-corrected chi connectivity index (χ2v) is 11.0. The third-order valence-corrected chi connectivity index (χ3v) is 8.22. The fraction of sp³-hybridized carbons (Fsp3) is 0.375. The topological polar surface area (TPSA) is 103 Å². The molecule has 0 saturated heterocycles. The molecule has 1 aliphatic heterocycles. The number of aliphatic hydroxyl groups is 1. The van der Waals surface area contributed by atoms with Gasteiger partial charge in [0.2, 0.25) is 0 Å². The number of aromatic nitrogens is 2. The maximum Gasteiger partial charge on any atom is 0.166 e. The van der Waals surface area contributed by atoms with Gasteiger partial charge in [0, 0.05) is 31.2 Å². The molecule has 2 unspecified atom stereocenters. The van der Waals surface area contributed by atoms with Gasteiger partial charge < -0.3 is 15.0 Å². The van der Waals surface area contributed by atoms with E-state index in [1.165, 1.54) is 12.1 Å². The van der Waals surface area contributed by atoms with Gasteiger partial charge in [-0.1, -0.05) is 30.7 Å². The standard InChI is InChI=1S/C24H29ClFN5O2S/c1-15(3-4-16-5-7-17(26)8-6-16)20-10-9-19-21(34(27,33)30-20)14-31(2)23(19)24(32)29-18-11-12-28-22(25)13-18/h5-8,11-15,20,24,32H,3-4,9-10H2,1-2H3,(H,28,29)(H2,27,30,33)/t15-,20+,24?,34?/m0/s1. The number of pyridine rings is 1. The molecule has 0 aliphatic carbocycles. The van der Waals surface area contributed by atoms with E-state index in [0.717, 1.165) is 24.0 Å². The summed E-state index contributed by atoms with van der Waals surface area (Å²) in [5.41, 5.74) is 2.95. The molecule has 7 nitrogen and oxygen atoms in total. The molecule has 3 aromatic rings. The van der Waals surface area contributed by atoms with Crippen molar-refractivity contribution in [2.75, 3.05) is 5.32 Å². The van der Waals surface area contributed by atoms with Crippen LogP contribution in [-0.4, -0.2) is 24.9 Å². The van der Waals surface area contributed by atoms with Crippen molar-refractivity contribution in [1.29, 1.82) is 4.78 Å². The number of hydrogen-bond acceptors (Lipinski definition) is 5. The number of aryl methyl sites for hydroxylation is 2. The molecule has 1 aromatic carbocycles. The van der Waals surface area contributed by atoms with Crippen molar-refractivity contribution in [3.63, 3.8) is 0 Å². The van der Waals surface area contributed by atoms with Gasteiger partial charge in [-0.2, -0.15) is 0 Å². The highest BCUT2D eigenvalue weighted by Crippen LogP contribution is 2.33. The zero-order chi connectivity index (χ0) is 24.5. The molecule has 182 valence electrons. The Hall–Kier alpha value is -2.46. The molecule has 0 fully saturated rings. The van der Waals surface area contributed by atoms with Crippen molar-refractivity contribution in [2.24, 2.45) is 13.0 Å². The van der Waals surface area contributed by atoms with Crippen molar-refractivity contribution in [1.82, 2.24) is 14.3 Å². The smallest absolute Gasteiger partial charge is 0.166 e. The maximum absolute atomic E-state index is 13.4. The van der Waals surface area contributed by atoms with Crippen LogP contribution < -0.4 is 10.0 Å². The highest BCUT2D eigenvalue weighted by molar-refractivity contribution is 7.90. The Morgan fingerprint density at radius 1 is 1.38 bits per heavy atom. The predicted molar refractivity (Wildman–Crippen MR) is 132 cm³/mol. The van der Waals surface area contributed by atoms with E-state index in [2.05, 4.69) is 21.9 Å². The Morgan fingerprint density at radius 2 is 2.12 bits per heavy atom. The molecular formula is C24H29ClFN5O2S. The fourth-order valence-electron chi connectivity index (χ4n) is 4.52. The molecule has 4 atom stereocenters. The number of fused-ring (bicyclic) bond motifs is 1. The molecule has 34 heavy (non-hydrogen) atoms. The number of benzene rings is 1. The minimum atomic E-state index is -3.27. The molecule has 4 rings (SSSR count). The molecule has 0 amide bonds. The first-order valence-corrected chi connectivity index (χ1v) is 13.1. The van der Waals surface area contributed by atoms with Crippen molar-refractivity contribution in [3.05, 3.63) is 76.6 Å². The molecule has 1 aliphatic rings. The zero-order valence-electron chi connectivity index (χ0n) is 19.1. The number of rotatable bonds is 7. The number of anilines is 1. The van der Waals surface area contributed by atoms with E-state index < -0.39 is 16.1 Å². The predicted octanol–water partition coefficient (Wildman–Crippen LogP) is 4.81. The first-order chi connectivity index (χ1) is 16.1. The summed E-state index contributed by atoms with van der Waals surface area (Å²) in [6.45, 7) is 2.08. The van der Waals surface area contributed by atoms with Gasteiger partial charge in [0.1, 0.15) is 20.9 Å². The second-order valence-electron chi connectivity index (χ2n) is 8.84. The average molecular weight is 506 g/mol. The third-order valence-electron chi connectivity index (χ3n) is 6.41. The van der Waals surface area contributed by atoms with Gasteiger partial charge in [0.05, 0.1) is 10.6 Å². The van der Waals surface area contributed by atoms with Gasteiger partial charge in [-0.05, 0) is 67.0 Å². The van der Waals surface area contributed by atoms with Crippen LogP contribution >= 0.6 is 11.6 Å². The monoisotopic (exact) mass is 505 g/mol. The molecule has 10 heteroatoms. The number of aliphatic hydroxyl groups excluding tert-OH is 1. The molecule has 4 N–H and O–H groups in total. The highest BCUT2D eigenvalue weighted by atomic mass is 35.5. The molecule has 0 spiro atoms. The Balaban J connectivity index is 1.51. The molecule has 0 bridgehead atoms. The van der Waals surface area contributed by atoms with Gasteiger partial charge in [-0.25, -0.2) is 23.1 Å². The van der Waals surface area contributed by atoms with Gasteiger partial charge in [-0.15, -0.1) is 0 Å². The molecule has 0 saturated carbocycles. The number of nitrogens with one attached hydrogen (secondary N) is 3. The molecule has 2 aromatic heterocycles. The maximum atomic E-state index is 13.4.